The van der Waals surface area contributed by atoms with Crippen LogP contribution < -0.4 is 5.32 Å². The number of hydrogen-bond donors (Lipinski definition) is 1. The van der Waals surface area contributed by atoms with Crippen LogP contribution in [-0.4, -0.2) is 0 Å². The largest absolute Gasteiger partial charge is 0.377 e. The summed E-state index contributed by atoms with van der Waals surface area (Å²) in [6.07, 6.45) is 0. The van der Waals surface area contributed by atoms with Crippen LogP contribution in [0, 0.1) is 12.7 Å². The van der Waals surface area contributed by atoms with Crippen LogP contribution in [0.5, 0.6) is 0 Å². The fourth-order valence-corrected chi connectivity index (χ4v) is 2.94. The lowest BCUT2D eigenvalue weighted by Gasteiger charge is -2.15. The second kappa shape index (κ2) is 5.19. The first kappa shape index (κ1) is 12.6. The van der Waals surface area contributed by atoms with Crippen LogP contribution in [-0.2, 0) is 0 Å². The fourth-order valence-electron chi connectivity index (χ4n) is 1.60. The highest BCUT2D eigenvalue weighted by Crippen LogP contribution is 2.29. The Balaban J connectivity index is 2.15. The maximum atomic E-state index is 13.0. The predicted molar refractivity (Wildman–Crippen MR) is 75.2 cm³/mol. The molecule has 1 aromatic carbocycles. The van der Waals surface area contributed by atoms with E-state index in [1.807, 2.05) is 0 Å². The molecule has 0 saturated heterocycles. The fraction of sp³-hybridized carbons (Fsp3) is 0.231. The molecule has 2 aromatic rings. The molecule has 90 valence electrons. The van der Waals surface area contributed by atoms with Gasteiger partial charge in [-0.2, -0.15) is 0 Å². The van der Waals surface area contributed by atoms with E-state index in [-0.39, 0.29) is 11.9 Å². The monoisotopic (exact) mass is 313 g/mol. The highest BCUT2D eigenvalue weighted by molar-refractivity contribution is 9.10. The smallest absolute Gasteiger partial charge is 0.124 e. The van der Waals surface area contributed by atoms with E-state index in [2.05, 4.69) is 47.2 Å². The summed E-state index contributed by atoms with van der Waals surface area (Å²) in [7, 11) is 0. The summed E-state index contributed by atoms with van der Waals surface area (Å²) in [6.45, 7) is 4.19. The molecule has 1 N–H and O–H groups in total. The Kier molecular flexibility index (Phi) is 3.84. The Morgan fingerprint density at radius 1 is 1.29 bits per heavy atom. The predicted octanol–water partition coefficient (Wildman–Crippen LogP) is 5.13. The molecular weight excluding hydrogens is 301 g/mol. The van der Waals surface area contributed by atoms with Gasteiger partial charge in [-0.05, 0) is 60.1 Å². The first-order valence-corrected chi connectivity index (χ1v) is 6.95. The van der Waals surface area contributed by atoms with Gasteiger partial charge >= 0.3 is 0 Å². The van der Waals surface area contributed by atoms with Crippen LogP contribution in [0.15, 0.2) is 34.8 Å². The molecule has 1 nitrogen and oxygen atoms in total. The van der Waals surface area contributed by atoms with E-state index in [0.717, 1.165) is 10.2 Å². The van der Waals surface area contributed by atoms with Gasteiger partial charge in [-0.15, -0.1) is 11.3 Å². The van der Waals surface area contributed by atoms with Crippen LogP contribution in [0.25, 0.3) is 0 Å². The summed E-state index contributed by atoms with van der Waals surface area (Å²) in [4.78, 5) is 2.57. The minimum Gasteiger partial charge on any atom is -0.377 e. The molecule has 0 saturated carbocycles. The molecular formula is C13H13BrFNS. The Hall–Kier alpha value is -0.870. The zero-order chi connectivity index (χ0) is 12.4. The van der Waals surface area contributed by atoms with Gasteiger partial charge in [0.05, 0.1) is 6.04 Å². The van der Waals surface area contributed by atoms with E-state index in [1.54, 1.807) is 17.4 Å². The van der Waals surface area contributed by atoms with Crippen molar-refractivity contribution in [3.8, 4) is 0 Å². The van der Waals surface area contributed by atoms with Crippen LogP contribution in [0.4, 0.5) is 10.1 Å². The number of nitrogens with one attached hydrogen (secondary N) is 1. The standard InChI is InChI=1S/C13H13BrFNS/c1-8-3-6-13(17-8)9(2)16-12-5-4-10(15)7-11(12)14/h3-7,9,16H,1-2H3. The molecule has 0 aliphatic heterocycles. The number of rotatable bonds is 3. The third-order valence-electron chi connectivity index (χ3n) is 2.49. The van der Waals surface area contributed by atoms with Crippen LogP contribution in [0.3, 0.4) is 0 Å². The number of hydrogen-bond acceptors (Lipinski definition) is 2. The SMILES string of the molecule is Cc1ccc(C(C)Nc2ccc(F)cc2Br)s1. The summed E-state index contributed by atoms with van der Waals surface area (Å²) in [5, 5.41) is 3.36. The van der Waals surface area contributed by atoms with Crippen molar-refractivity contribution in [2.24, 2.45) is 0 Å². The topological polar surface area (TPSA) is 12.0 Å². The van der Waals surface area contributed by atoms with E-state index in [4.69, 9.17) is 0 Å². The molecule has 1 aromatic heterocycles. The van der Waals surface area contributed by atoms with Gasteiger partial charge in [0.25, 0.3) is 0 Å². The molecule has 1 unspecified atom stereocenters. The van der Waals surface area contributed by atoms with Gasteiger partial charge in [0.15, 0.2) is 0 Å². The quantitative estimate of drug-likeness (QED) is 0.828. The Morgan fingerprint density at radius 3 is 2.65 bits per heavy atom. The maximum absolute atomic E-state index is 13.0. The normalized spacial score (nSPS) is 12.5. The van der Waals surface area contributed by atoms with Crippen LogP contribution in [0.2, 0.25) is 0 Å². The number of thiophene rings is 1. The first-order chi connectivity index (χ1) is 8.06. The highest BCUT2D eigenvalue weighted by atomic mass is 79.9. The van der Waals surface area contributed by atoms with Gasteiger partial charge in [-0.1, -0.05) is 0 Å². The Morgan fingerprint density at radius 2 is 2.06 bits per heavy atom. The highest BCUT2D eigenvalue weighted by Gasteiger charge is 2.09. The molecule has 0 bridgehead atoms. The molecule has 0 spiro atoms. The van der Waals surface area contributed by atoms with Gasteiger partial charge < -0.3 is 5.32 Å². The molecule has 17 heavy (non-hydrogen) atoms. The van der Waals surface area contributed by atoms with Gasteiger partial charge in [-0.3, -0.25) is 0 Å². The molecule has 0 amide bonds. The average Bonchev–Trinajstić information content (AvgIpc) is 2.69. The van der Waals surface area contributed by atoms with E-state index in [0.29, 0.717) is 0 Å². The third-order valence-corrected chi connectivity index (χ3v) is 4.33. The van der Waals surface area contributed by atoms with Gasteiger partial charge in [-0.25, -0.2) is 4.39 Å². The summed E-state index contributed by atoms with van der Waals surface area (Å²) in [6, 6.07) is 9.12. The average molecular weight is 314 g/mol. The second-order valence-electron chi connectivity index (χ2n) is 3.94. The summed E-state index contributed by atoms with van der Waals surface area (Å²) in [5.41, 5.74) is 0.907. The lowest BCUT2D eigenvalue weighted by Crippen LogP contribution is -2.05. The minimum atomic E-state index is -0.234. The zero-order valence-corrected chi connectivity index (χ0v) is 12.0. The summed E-state index contributed by atoms with van der Waals surface area (Å²) >= 11 is 5.13. The van der Waals surface area contributed by atoms with Crippen molar-refractivity contribution >= 4 is 33.0 Å². The van der Waals surface area contributed by atoms with Crippen molar-refractivity contribution in [3.63, 3.8) is 0 Å². The molecule has 0 fully saturated rings. The zero-order valence-electron chi connectivity index (χ0n) is 9.63. The summed E-state index contributed by atoms with van der Waals surface area (Å²) < 4.78 is 13.7. The van der Waals surface area contributed by atoms with Gasteiger partial charge in [0.2, 0.25) is 0 Å². The van der Waals surface area contributed by atoms with E-state index in [1.165, 1.54) is 21.9 Å². The van der Waals surface area contributed by atoms with Crippen LogP contribution in [0.1, 0.15) is 22.7 Å². The number of benzene rings is 1. The molecule has 1 atom stereocenters. The van der Waals surface area contributed by atoms with Crippen LogP contribution >= 0.6 is 27.3 Å². The van der Waals surface area contributed by atoms with Crippen molar-refractivity contribution in [1.29, 1.82) is 0 Å². The lowest BCUT2D eigenvalue weighted by molar-refractivity contribution is 0.627. The number of anilines is 1. The van der Waals surface area contributed by atoms with E-state index >= 15 is 0 Å². The number of aryl methyl sites for hydroxylation is 1. The third kappa shape index (κ3) is 3.07. The Labute approximate surface area is 113 Å². The first-order valence-electron chi connectivity index (χ1n) is 5.34. The molecule has 0 aliphatic rings. The molecule has 4 heteroatoms. The Bertz CT molecular complexity index is 524. The van der Waals surface area contributed by atoms with E-state index in [9.17, 15) is 4.39 Å². The maximum Gasteiger partial charge on any atom is 0.124 e. The summed E-state index contributed by atoms with van der Waals surface area (Å²) in [5.74, 6) is -0.234. The number of halogens is 2. The lowest BCUT2D eigenvalue weighted by atomic mass is 10.2. The van der Waals surface area contributed by atoms with Gasteiger partial charge in [0, 0.05) is 19.9 Å². The molecule has 0 radical (unpaired) electrons. The molecule has 1 heterocycles. The van der Waals surface area contributed by atoms with Crippen molar-refractivity contribution in [2.75, 3.05) is 5.32 Å². The second-order valence-corrected chi connectivity index (χ2v) is 6.11. The van der Waals surface area contributed by atoms with Crippen molar-refractivity contribution in [3.05, 3.63) is 50.4 Å². The van der Waals surface area contributed by atoms with Crippen molar-refractivity contribution in [2.45, 2.75) is 19.9 Å². The van der Waals surface area contributed by atoms with Crippen molar-refractivity contribution in [1.82, 2.24) is 0 Å². The van der Waals surface area contributed by atoms with E-state index < -0.39 is 0 Å². The molecule has 0 aliphatic carbocycles. The van der Waals surface area contributed by atoms with Gasteiger partial charge in [0.1, 0.15) is 5.82 Å². The molecule has 2 rings (SSSR count). The minimum absolute atomic E-state index is 0.218. The van der Waals surface area contributed by atoms with Crippen molar-refractivity contribution < 1.29 is 4.39 Å².